The first-order chi connectivity index (χ1) is 16.6. The standard InChI is InChI=1S/C25H33N3O6S/c1-6-7-19-12-22-24(26-13-19)34-23(17(2)14-28(25(22)30)18(3)16-29)15-27(4)35(31,32)21-10-8-20(33-5)9-11-21/h6-13,17-18,23,29H,14-16H2,1-5H3/b7-6+/t17-,18-,23-/m0/s1. The van der Waals surface area contributed by atoms with Crippen LogP contribution in [-0.2, 0) is 10.0 Å². The molecule has 0 fully saturated rings. The van der Waals surface area contributed by atoms with Crippen molar-refractivity contribution >= 4 is 22.0 Å². The third-order valence-corrected chi connectivity index (χ3v) is 7.94. The van der Waals surface area contributed by atoms with Gasteiger partial charge in [-0.2, -0.15) is 4.31 Å². The van der Waals surface area contributed by atoms with Gasteiger partial charge in [-0.25, -0.2) is 13.4 Å². The number of likely N-dealkylation sites (N-methyl/N-ethyl adjacent to an activating group) is 1. The summed E-state index contributed by atoms with van der Waals surface area (Å²) in [4.78, 5) is 19.5. The molecule has 9 nitrogen and oxygen atoms in total. The van der Waals surface area contributed by atoms with E-state index < -0.39 is 22.2 Å². The molecule has 1 N–H and O–H groups in total. The van der Waals surface area contributed by atoms with Crippen molar-refractivity contribution in [2.45, 2.75) is 37.8 Å². The second-order valence-corrected chi connectivity index (χ2v) is 10.8. The number of ether oxygens (including phenoxy) is 2. The van der Waals surface area contributed by atoms with Gasteiger partial charge in [0.25, 0.3) is 5.91 Å². The fraction of sp³-hybridized carbons (Fsp3) is 0.440. The van der Waals surface area contributed by atoms with Crippen molar-refractivity contribution < 1.29 is 27.8 Å². The molecule has 1 aliphatic heterocycles. The lowest BCUT2D eigenvalue weighted by Crippen LogP contribution is -2.50. The normalized spacial score (nSPS) is 19.7. The molecular formula is C25H33N3O6S. The third-order valence-electron chi connectivity index (χ3n) is 6.11. The van der Waals surface area contributed by atoms with Gasteiger partial charge in [-0.15, -0.1) is 0 Å². The Kier molecular flexibility index (Phi) is 8.52. The SMILES string of the molecule is C/C=C/c1cnc2c(c1)C(=O)N([C@@H](C)CO)C[C@H](C)[C@H](CN(C)S(=O)(=O)c1ccc(OC)cc1)O2. The van der Waals surface area contributed by atoms with Gasteiger partial charge >= 0.3 is 0 Å². The summed E-state index contributed by atoms with van der Waals surface area (Å²) in [6, 6.07) is 7.46. The van der Waals surface area contributed by atoms with E-state index in [1.165, 1.54) is 30.6 Å². The number of benzene rings is 1. The first kappa shape index (κ1) is 26.7. The molecule has 0 bridgehead atoms. The molecule has 0 aliphatic carbocycles. The highest BCUT2D eigenvalue weighted by Gasteiger charge is 2.35. The van der Waals surface area contributed by atoms with Crippen LogP contribution in [0.25, 0.3) is 6.08 Å². The number of carbonyl (C=O) groups is 1. The van der Waals surface area contributed by atoms with Crippen molar-refractivity contribution in [1.82, 2.24) is 14.2 Å². The van der Waals surface area contributed by atoms with Crippen LogP contribution in [0.4, 0.5) is 0 Å². The Labute approximate surface area is 207 Å². The minimum Gasteiger partial charge on any atom is -0.497 e. The lowest BCUT2D eigenvalue weighted by molar-refractivity contribution is 0.0373. The summed E-state index contributed by atoms with van der Waals surface area (Å²) in [5.74, 6) is 0.174. The molecule has 1 aromatic heterocycles. The van der Waals surface area contributed by atoms with E-state index >= 15 is 0 Å². The number of hydrogen-bond donors (Lipinski definition) is 1. The highest BCUT2D eigenvalue weighted by atomic mass is 32.2. The number of fused-ring (bicyclic) bond motifs is 1. The second-order valence-electron chi connectivity index (χ2n) is 8.71. The molecule has 0 unspecified atom stereocenters. The zero-order valence-electron chi connectivity index (χ0n) is 20.7. The van der Waals surface area contributed by atoms with Gasteiger partial charge in [-0.1, -0.05) is 19.1 Å². The van der Waals surface area contributed by atoms with Gasteiger partial charge < -0.3 is 19.5 Å². The van der Waals surface area contributed by atoms with Crippen molar-refractivity contribution in [3.8, 4) is 11.6 Å². The molecule has 2 heterocycles. The third kappa shape index (κ3) is 5.83. The van der Waals surface area contributed by atoms with E-state index in [4.69, 9.17) is 9.47 Å². The van der Waals surface area contributed by atoms with Crippen LogP contribution < -0.4 is 9.47 Å². The van der Waals surface area contributed by atoms with Crippen LogP contribution in [0.1, 0.15) is 36.7 Å². The Balaban J connectivity index is 1.95. The molecule has 2 aromatic rings. The molecule has 1 amide bonds. The van der Waals surface area contributed by atoms with Crippen LogP contribution >= 0.6 is 0 Å². The maximum absolute atomic E-state index is 13.4. The van der Waals surface area contributed by atoms with Gasteiger partial charge in [-0.05, 0) is 49.7 Å². The summed E-state index contributed by atoms with van der Waals surface area (Å²) >= 11 is 0. The maximum Gasteiger partial charge on any atom is 0.259 e. The number of aliphatic hydroxyl groups is 1. The largest absolute Gasteiger partial charge is 0.497 e. The predicted molar refractivity (Wildman–Crippen MR) is 133 cm³/mol. The van der Waals surface area contributed by atoms with Gasteiger partial charge in [0.2, 0.25) is 15.9 Å². The summed E-state index contributed by atoms with van der Waals surface area (Å²) < 4.78 is 39.0. The Hall–Kier alpha value is -2.95. The van der Waals surface area contributed by atoms with Crippen LogP contribution in [0.2, 0.25) is 0 Å². The smallest absolute Gasteiger partial charge is 0.259 e. The molecular weight excluding hydrogens is 470 g/mol. The fourth-order valence-electron chi connectivity index (χ4n) is 3.90. The van der Waals surface area contributed by atoms with E-state index in [9.17, 15) is 18.3 Å². The summed E-state index contributed by atoms with van der Waals surface area (Å²) in [5, 5.41) is 9.77. The molecule has 0 radical (unpaired) electrons. The maximum atomic E-state index is 13.4. The number of rotatable bonds is 8. The van der Waals surface area contributed by atoms with E-state index in [-0.39, 0.29) is 47.9 Å². The summed E-state index contributed by atoms with van der Waals surface area (Å²) in [6.07, 6.45) is 4.69. The summed E-state index contributed by atoms with van der Waals surface area (Å²) in [7, 11) is -0.784. The highest BCUT2D eigenvalue weighted by Crippen LogP contribution is 2.28. The van der Waals surface area contributed by atoms with Crippen molar-refractivity contribution in [3.05, 3.63) is 53.7 Å². The average molecular weight is 504 g/mol. The number of aliphatic hydroxyl groups excluding tert-OH is 1. The van der Waals surface area contributed by atoms with Crippen molar-refractivity contribution in [1.29, 1.82) is 0 Å². The number of allylic oxidation sites excluding steroid dienone is 1. The van der Waals surface area contributed by atoms with E-state index in [0.717, 1.165) is 5.56 Å². The lowest BCUT2D eigenvalue weighted by Gasteiger charge is -2.37. The number of methoxy groups -OCH3 is 1. The second kappa shape index (κ2) is 11.2. The highest BCUT2D eigenvalue weighted by molar-refractivity contribution is 7.89. The van der Waals surface area contributed by atoms with Crippen LogP contribution in [0.3, 0.4) is 0 Å². The predicted octanol–water partition coefficient (Wildman–Crippen LogP) is 2.66. The summed E-state index contributed by atoms with van der Waals surface area (Å²) in [6.45, 7) is 5.66. The zero-order valence-corrected chi connectivity index (χ0v) is 21.5. The molecule has 10 heteroatoms. The zero-order chi connectivity index (χ0) is 25.8. The van der Waals surface area contributed by atoms with Crippen molar-refractivity contribution in [3.63, 3.8) is 0 Å². The Bertz CT molecular complexity index is 1170. The minimum atomic E-state index is -3.80. The molecule has 3 rings (SSSR count). The Morgan fingerprint density at radius 1 is 1.34 bits per heavy atom. The Morgan fingerprint density at radius 3 is 2.63 bits per heavy atom. The molecule has 3 atom stereocenters. The van der Waals surface area contributed by atoms with E-state index in [1.807, 2.05) is 26.0 Å². The number of hydrogen-bond acceptors (Lipinski definition) is 7. The quantitative estimate of drug-likeness (QED) is 0.590. The first-order valence-corrected chi connectivity index (χ1v) is 12.9. The number of sulfonamides is 1. The molecule has 35 heavy (non-hydrogen) atoms. The van der Waals surface area contributed by atoms with Crippen LogP contribution in [0.15, 0.2) is 47.5 Å². The molecule has 0 saturated carbocycles. The average Bonchev–Trinajstić information content (AvgIpc) is 2.86. The lowest BCUT2D eigenvalue weighted by atomic mass is 10.00. The van der Waals surface area contributed by atoms with Crippen molar-refractivity contribution in [2.24, 2.45) is 5.92 Å². The van der Waals surface area contributed by atoms with Crippen LogP contribution in [0.5, 0.6) is 11.6 Å². The number of carbonyl (C=O) groups excluding carboxylic acids is 1. The minimum absolute atomic E-state index is 0.0444. The number of pyridine rings is 1. The van der Waals surface area contributed by atoms with Gasteiger partial charge in [0, 0.05) is 25.7 Å². The molecule has 0 saturated heterocycles. The first-order valence-electron chi connectivity index (χ1n) is 11.4. The Morgan fingerprint density at radius 2 is 2.03 bits per heavy atom. The molecule has 190 valence electrons. The monoisotopic (exact) mass is 503 g/mol. The van der Waals surface area contributed by atoms with E-state index in [2.05, 4.69) is 4.98 Å². The van der Waals surface area contributed by atoms with Gasteiger partial charge in [-0.3, -0.25) is 4.79 Å². The van der Waals surface area contributed by atoms with Gasteiger partial charge in [0.15, 0.2) is 0 Å². The van der Waals surface area contributed by atoms with Crippen molar-refractivity contribution in [2.75, 3.05) is 33.9 Å². The van der Waals surface area contributed by atoms with Crippen LogP contribution in [-0.4, -0.2) is 79.6 Å². The van der Waals surface area contributed by atoms with Gasteiger partial charge in [0.05, 0.1) is 31.2 Å². The molecule has 1 aromatic carbocycles. The molecule has 1 aliphatic rings. The van der Waals surface area contributed by atoms with Crippen LogP contribution in [0, 0.1) is 5.92 Å². The topological polar surface area (TPSA) is 109 Å². The van der Waals surface area contributed by atoms with E-state index in [0.29, 0.717) is 5.75 Å². The van der Waals surface area contributed by atoms with E-state index in [1.54, 1.807) is 36.2 Å². The molecule has 0 spiro atoms. The number of nitrogens with zero attached hydrogens (tertiary/aromatic N) is 3. The fourth-order valence-corrected chi connectivity index (χ4v) is 5.08. The van der Waals surface area contributed by atoms with Gasteiger partial charge in [0.1, 0.15) is 17.4 Å². The number of amides is 1. The summed E-state index contributed by atoms with van der Waals surface area (Å²) in [5.41, 5.74) is 1.02. The number of aromatic nitrogens is 1.